The third-order valence-corrected chi connectivity index (χ3v) is 8.35. The first-order chi connectivity index (χ1) is 18.7. The fraction of sp³-hybridized carbons (Fsp3) is 0.400. The summed E-state index contributed by atoms with van der Waals surface area (Å²) in [5.74, 6) is 0.547. The summed E-state index contributed by atoms with van der Waals surface area (Å²) in [5, 5.41) is 13.4. The van der Waals surface area contributed by atoms with E-state index in [0.29, 0.717) is 0 Å². The SMILES string of the molecule is CCC(CC)C(=O)/C=C(\O)C(CC)CC.Cc1cc2c3c(ncnc3c1)-c1[c-]cc3ccccc3c1C2(C)C.[Ir]. The molecule has 0 atom stereocenters. The number of benzene rings is 3. The van der Waals surface area contributed by atoms with E-state index in [-0.39, 0.29) is 48.9 Å². The summed E-state index contributed by atoms with van der Waals surface area (Å²) in [4.78, 5) is 20.9. The van der Waals surface area contributed by atoms with Crippen molar-refractivity contribution in [1.82, 2.24) is 9.97 Å². The molecule has 1 aliphatic rings. The van der Waals surface area contributed by atoms with Crippen LogP contribution in [0.25, 0.3) is 32.9 Å². The number of rotatable bonds is 7. The van der Waals surface area contributed by atoms with Crippen molar-refractivity contribution in [3.63, 3.8) is 0 Å². The molecule has 0 saturated heterocycles. The second-order valence-electron chi connectivity index (χ2n) is 11.2. The Morgan fingerprint density at radius 2 is 1.65 bits per heavy atom. The molecular formula is C35H41IrN2O2-. The second kappa shape index (κ2) is 13.2. The maximum absolute atomic E-state index is 11.7. The fourth-order valence-corrected chi connectivity index (χ4v) is 5.97. The van der Waals surface area contributed by atoms with Crippen LogP contribution in [0.5, 0.6) is 0 Å². The molecule has 0 amide bonds. The van der Waals surface area contributed by atoms with Gasteiger partial charge < -0.3 is 5.11 Å². The molecule has 5 rings (SSSR count). The van der Waals surface area contributed by atoms with Crippen molar-refractivity contribution in [3.05, 3.63) is 83.4 Å². The third kappa shape index (κ3) is 5.92. The van der Waals surface area contributed by atoms with Gasteiger partial charge in [0.05, 0.1) is 11.3 Å². The maximum Gasteiger partial charge on any atom is 0.162 e. The van der Waals surface area contributed by atoms with Crippen molar-refractivity contribution in [2.24, 2.45) is 11.8 Å². The number of nitrogens with zero attached hydrogens (tertiary/aromatic N) is 2. The molecule has 4 nitrogen and oxygen atoms in total. The van der Waals surface area contributed by atoms with Gasteiger partial charge in [0.15, 0.2) is 5.78 Å². The normalized spacial score (nSPS) is 13.6. The van der Waals surface area contributed by atoms with Crippen LogP contribution in [0.3, 0.4) is 0 Å². The van der Waals surface area contributed by atoms with Crippen LogP contribution < -0.4 is 0 Å². The molecule has 1 heterocycles. The monoisotopic (exact) mass is 714 g/mol. The second-order valence-corrected chi connectivity index (χ2v) is 11.2. The largest absolute Gasteiger partial charge is 0.512 e. The Labute approximate surface area is 252 Å². The first-order valence-electron chi connectivity index (χ1n) is 14.3. The molecule has 0 saturated carbocycles. The molecule has 3 aromatic carbocycles. The van der Waals surface area contributed by atoms with Gasteiger partial charge in [-0.3, -0.25) is 9.78 Å². The van der Waals surface area contributed by atoms with Crippen LogP contribution in [0.2, 0.25) is 0 Å². The standard InChI is InChI=1S/C22H17N2.C13H24O2.Ir/c1-13-10-17-19-18(11-13)23-12-24-21(19)16-9-8-14-6-4-5-7-15(14)20(16)22(17,2)3;1-5-10(6-2)12(14)9-13(15)11(7-3)8-4;/h4-8,10-12H,1-3H3;9-11,14H,5-8H2,1-4H3;/q-1;;/b;12-9-;. The zero-order chi connectivity index (χ0) is 28.3. The minimum Gasteiger partial charge on any atom is -0.512 e. The Bertz CT molecular complexity index is 1530. The maximum atomic E-state index is 11.7. The number of aliphatic hydroxyl groups excluding tert-OH is 1. The van der Waals surface area contributed by atoms with Gasteiger partial charge in [-0.25, -0.2) is 4.98 Å². The van der Waals surface area contributed by atoms with E-state index in [2.05, 4.69) is 79.3 Å². The van der Waals surface area contributed by atoms with Crippen LogP contribution in [0, 0.1) is 24.8 Å². The Balaban J connectivity index is 0.000000243. The molecule has 4 aromatic rings. The van der Waals surface area contributed by atoms with Gasteiger partial charge in [-0.15, -0.1) is 23.3 Å². The predicted molar refractivity (Wildman–Crippen MR) is 162 cm³/mol. The van der Waals surface area contributed by atoms with Crippen molar-refractivity contribution in [2.75, 3.05) is 0 Å². The van der Waals surface area contributed by atoms with Crippen LogP contribution in [0.1, 0.15) is 83.9 Å². The van der Waals surface area contributed by atoms with Gasteiger partial charge in [0.1, 0.15) is 6.33 Å². The predicted octanol–water partition coefficient (Wildman–Crippen LogP) is 9.07. The van der Waals surface area contributed by atoms with Crippen LogP contribution >= 0.6 is 0 Å². The van der Waals surface area contributed by atoms with E-state index in [1.807, 2.05) is 27.7 Å². The molecule has 0 aliphatic heterocycles. The van der Waals surface area contributed by atoms with E-state index in [1.54, 1.807) is 6.33 Å². The summed E-state index contributed by atoms with van der Waals surface area (Å²) >= 11 is 0. The van der Waals surface area contributed by atoms with Crippen molar-refractivity contribution < 1.29 is 30.0 Å². The summed E-state index contributed by atoms with van der Waals surface area (Å²) in [5.41, 5.74) is 6.90. The van der Waals surface area contributed by atoms with Crippen molar-refractivity contribution in [2.45, 2.75) is 79.6 Å². The molecule has 5 heteroatoms. The minimum absolute atomic E-state index is 0. The quantitative estimate of drug-likeness (QED) is 0.118. The molecule has 213 valence electrons. The summed E-state index contributed by atoms with van der Waals surface area (Å²) in [7, 11) is 0. The van der Waals surface area contributed by atoms with Crippen LogP contribution in [-0.4, -0.2) is 20.9 Å². The van der Waals surface area contributed by atoms with Gasteiger partial charge in [-0.2, -0.15) is 0 Å². The first-order valence-corrected chi connectivity index (χ1v) is 14.3. The summed E-state index contributed by atoms with van der Waals surface area (Å²) < 4.78 is 0. The van der Waals surface area contributed by atoms with Gasteiger partial charge in [0.2, 0.25) is 0 Å². The molecule has 1 aromatic heterocycles. The number of hydrogen-bond donors (Lipinski definition) is 1. The molecule has 40 heavy (non-hydrogen) atoms. The minimum atomic E-state index is -0.116. The number of carbonyl (C=O) groups excluding carboxylic acids is 1. The summed E-state index contributed by atoms with van der Waals surface area (Å²) in [6, 6.07) is 18.6. The third-order valence-electron chi connectivity index (χ3n) is 8.35. The van der Waals surface area contributed by atoms with Crippen molar-refractivity contribution >= 4 is 27.5 Å². The smallest absolute Gasteiger partial charge is 0.162 e. The van der Waals surface area contributed by atoms with E-state index < -0.39 is 0 Å². The molecule has 0 fully saturated rings. The van der Waals surface area contributed by atoms with E-state index in [9.17, 15) is 9.90 Å². The number of hydrogen-bond acceptors (Lipinski definition) is 4. The Morgan fingerprint density at radius 1 is 1.00 bits per heavy atom. The Kier molecular flexibility index (Phi) is 10.4. The molecule has 1 radical (unpaired) electrons. The van der Waals surface area contributed by atoms with Gasteiger partial charge in [0, 0.05) is 38.0 Å². The average Bonchev–Trinajstić information content (AvgIpc) is 2.92. The zero-order valence-corrected chi connectivity index (χ0v) is 27.2. The number of aromatic nitrogens is 2. The van der Waals surface area contributed by atoms with Gasteiger partial charge in [-0.1, -0.05) is 82.6 Å². The van der Waals surface area contributed by atoms with Gasteiger partial charge in [-0.05, 0) is 66.3 Å². The molecule has 1 aliphatic carbocycles. The van der Waals surface area contributed by atoms with Crippen LogP contribution in [0.15, 0.2) is 60.6 Å². The number of allylic oxidation sites excluding steroid dienone is 2. The molecular weight excluding hydrogens is 673 g/mol. The molecule has 0 unspecified atom stereocenters. The van der Waals surface area contributed by atoms with E-state index in [1.165, 1.54) is 38.9 Å². The van der Waals surface area contributed by atoms with Crippen molar-refractivity contribution in [1.29, 1.82) is 0 Å². The van der Waals surface area contributed by atoms with Crippen LogP contribution in [0.4, 0.5) is 0 Å². The number of ketones is 1. The van der Waals surface area contributed by atoms with Crippen LogP contribution in [-0.2, 0) is 30.3 Å². The number of aryl methyl sites for hydroxylation is 1. The van der Waals surface area contributed by atoms with E-state index >= 15 is 0 Å². The summed E-state index contributed by atoms with van der Waals surface area (Å²) in [6.45, 7) is 14.8. The molecule has 0 bridgehead atoms. The van der Waals surface area contributed by atoms with E-state index in [4.69, 9.17) is 0 Å². The molecule has 1 N–H and O–H groups in total. The molecule has 0 spiro atoms. The Hall–Kier alpha value is -2.88. The first kappa shape index (κ1) is 31.6. The van der Waals surface area contributed by atoms with Crippen molar-refractivity contribution in [3.8, 4) is 11.3 Å². The summed E-state index contributed by atoms with van der Waals surface area (Å²) in [6.07, 6.45) is 6.58. The van der Waals surface area contributed by atoms with Gasteiger partial charge >= 0.3 is 0 Å². The number of carbonyl (C=O) groups is 1. The zero-order valence-electron chi connectivity index (χ0n) is 24.8. The topological polar surface area (TPSA) is 63.1 Å². The number of aliphatic hydroxyl groups is 1. The Morgan fingerprint density at radius 3 is 2.30 bits per heavy atom. The van der Waals surface area contributed by atoms with E-state index in [0.717, 1.165) is 42.5 Å². The van der Waals surface area contributed by atoms with Gasteiger partial charge in [0.25, 0.3) is 0 Å². The average molecular weight is 714 g/mol. The fourth-order valence-electron chi connectivity index (χ4n) is 5.97. The number of fused-ring (bicyclic) bond motifs is 4.